The third-order valence-corrected chi connectivity index (χ3v) is 5.52. The number of rotatable bonds is 4. The summed E-state index contributed by atoms with van der Waals surface area (Å²) in [5.41, 5.74) is 2.49. The van der Waals surface area contributed by atoms with E-state index in [-0.39, 0.29) is 27.9 Å². The second-order valence-electron chi connectivity index (χ2n) is 7.10. The summed E-state index contributed by atoms with van der Waals surface area (Å²) in [6.07, 6.45) is 2.96. The molecular weight excluding hydrogens is 405 g/mol. The van der Waals surface area contributed by atoms with Gasteiger partial charge in [-0.25, -0.2) is 9.37 Å². The van der Waals surface area contributed by atoms with Crippen LogP contribution < -0.4 is 5.32 Å². The Hall–Kier alpha value is -3.38. The van der Waals surface area contributed by atoms with Crippen molar-refractivity contribution in [3.63, 3.8) is 0 Å². The fourth-order valence-electron chi connectivity index (χ4n) is 3.32. The molecule has 2 heterocycles. The number of aryl methyl sites for hydroxylation is 1. The number of nitrogens with one attached hydrogen (secondary N) is 1. The number of nitrogens with zero attached hydrogens (tertiary/aromatic N) is 2. The second kappa shape index (κ2) is 7.80. The monoisotopic (exact) mass is 423 g/mol. The van der Waals surface area contributed by atoms with Gasteiger partial charge in [-0.3, -0.25) is 4.98 Å². The highest BCUT2D eigenvalue weighted by Crippen LogP contribution is 2.38. The average Bonchev–Trinajstić information content (AvgIpc) is 2.75. The molecule has 0 spiro atoms. The zero-order valence-electron chi connectivity index (χ0n) is 16.3. The zero-order chi connectivity index (χ0) is 21.4. The van der Waals surface area contributed by atoms with E-state index in [4.69, 9.17) is 11.6 Å². The first-order chi connectivity index (χ1) is 14.4. The number of phenols is 2. The highest BCUT2D eigenvalue weighted by Gasteiger charge is 2.23. The first-order valence-electron chi connectivity index (χ1n) is 9.30. The van der Waals surface area contributed by atoms with E-state index in [0.717, 1.165) is 5.39 Å². The molecule has 5 nitrogen and oxygen atoms in total. The van der Waals surface area contributed by atoms with E-state index in [1.165, 1.54) is 6.20 Å². The fraction of sp³-hybridized carbons (Fsp3) is 0.130. The van der Waals surface area contributed by atoms with E-state index in [9.17, 15) is 14.6 Å². The van der Waals surface area contributed by atoms with Gasteiger partial charge in [0.05, 0.1) is 11.1 Å². The molecule has 7 heteroatoms. The fourth-order valence-corrected chi connectivity index (χ4v) is 3.45. The molecule has 0 saturated heterocycles. The van der Waals surface area contributed by atoms with Gasteiger partial charge in [-0.05, 0) is 37.1 Å². The molecule has 0 aliphatic heterocycles. The van der Waals surface area contributed by atoms with E-state index in [2.05, 4.69) is 15.3 Å². The minimum absolute atomic E-state index is 0.0116. The predicted octanol–water partition coefficient (Wildman–Crippen LogP) is 5.65. The molecule has 0 amide bonds. The molecule has 2 aromatic heterocycles. The largest absolute Gasteiger partial charge is 0.508 e. The Morgan fingerprint density at radius 3 is 2.63 bits per heavy atom. The number of phenolic OH excluding ortho intramolecular Hbond substituents is 2. The van der Waals surface area contributed by atoms with Crippen molar-refractivity contribution in [2.24, 2.45) is 0 Å². The zero-order valence-corrected chi connectivity index (χ0v) is 17.1. The summed E-state index contributed by atoms with van der Waals surface area (Å²) in [6.45, 7) is 3.34. The quantitative estimate of drug-likeness (QED) is 0.395. The van der Waals surface area contributed by atoms with Crippen LogP contribution in [-0.2, 0) is 0 Å². The molecule has 4 aromatic rings. The van der Waals surface area contributed by atoms with Gasteiger partial charge in [0.1, 0.15) is 17.0 Å². The number of fused-ring (bicyclic) bond motifs is 1. The topological polar surface area (TPSA) is 78.3 Å². The van der Waals surface area contributed by atoms with E-state index < -0.39 is 11.9 Å². The highest BCUT2D eigenvalue weighted by atomic mass is 35.5. The van der Waals surface area contributed by atoms with Gasteiger partial charge < -0.3 is 15.5 Å². The number of pyridine rings is 2. The molecule has 2 aromatic carbocycles. The smallest absolute Gasteiger partial charge is 0.169 e. The lowest BCUT2D eigenvalue weighted by atomic mass is 9.95. The molecular formula is C23H19ClFN3O2. The van der Waals surface area contributed by atoms with Crippen LogP contribution in [0.15, 0.2) is 54.9 Å². The minimum Gasteiger partial charge on any atom is -0.508 e. The van der Waals surface area contributed by atoms with Gasteiger partial charge in [0.15, 0.2) is 11.6 Å². The van der Waals surface area contributed by atoms with Crippen LogP contribution in [-0.4, -0.2) is 20.2 Å². The van der Waals surface area contributed by atoms with Crippen LogP contribution in [0.4, 0.5) is 10.2 Å². The Bertz CT molecular complexity index is 1260. The lowest BCUT2D eigenvalue weighted by Crippen LogP contribution is -2.15. The summed E-state index contributed by atoms with van der Waals surface area (Å²) in [5.74, 6) is -0.528. The molecule has 0 radical (unpaired) electrons. The van der Waals surface area contributed by atoms with Gasteiger partial charge in [0.2, 0.25) is 0 Å². The van der Waals surface area contributed by atoms with Gasteiger partial charge in [-0.1, -0.05) is 41.9 Å². The Kier molecular flexibility index (Phi) is 5.18. The van der Waals surface area contributed by atoms with E-state index in [1.54, 1.807) is 50.4 Å². The third kappa shape index (κ3) is 3.50. The average molecular weight is 424 g/mol. The highest BCUT2D eigenvalue weighted by molar-refractivity contribution is 6.31. The summed E-state index contributed by atoms with van der Waals surface area (Å²) < 4.78 is 14.8. The van der Waals surface area contributed by atoms with Gasteiger partial charge in [0, 0.05) is 28.9 Å². The van der Waals surface area contributed by atoms with Gasteiger partial charge >= 0.3 is 0 Å². The molecule has 3 N–H and O–H groups in total. The maximum Gasteiger partial charge on any atom is 0.169 e. The first-order valence-corrected chi connectivity index (χ1v) is 9.68. The number of aromatic hydroxyl groups is 2. The lowest BCUT2D eigenvalue weighted by molar-refractivity contribution is 0.467. The molecule has 0 saturated carbocycles. The van der Waals surface area contributed by atoms with Crippen LogP contribution in [0.3, 0.4) is 0 Å². The maximum atomic E-state index is 14.8. The van der Waals surface area contributed by atoms with Crippen molar-refractivity contribution in [1.29, 1.82) is 0 Å². The van der Waals surface area contributed by atoms with Crippen LogP contribution in [0.2, 0.25) is 5.02 Å². The van der Waals surface area contributed by atoms with Crippen molar-refractivity contribution in [2.45, 2.75) is 19.9 Å². The second-order valence-corrected chi connectivity index (χ2v) is 7.50. The first kappa shape index (κ1) is 19.9. The van der Waals surface area contributed by atoms with E-state index >= 15 is 0 Å². The number of benzene rings is 2. The van der Waals surface area contributed by atoms with Crippen LogP contribution in [0.25, 0.3) is 10.9 Å². The summed E-state index contributed by atoms with van der Waals surface area (Å²) in [5, 5.41) is 25.2. The van der Waals surface area contributed by atoms with Crippen LogP contribution in [0.5, 0.6) is 11.5 Å². The van der Waals surface area contributed by atoms with E-state index in [0.29, 0.717) is 22.2 Å². The maximum absolute atomic E-state index is 14.8. The standard InChI is InChI=1S/C23H19ClFN3O2/c1-12-5-6-15(10-18(12)29)20(28-23-19(25)13(2)17(24)11-27-23)16-8-7-14-4-3-9-26-21(14)22(16)30/h3-11,20,29-30H,1-2H3,(H,27,28). The Balaban J connectivity index is 1.89. The summed E-state index contributed by atoms with van der Waals surface area (Å²) in [4.78, 5) is 8.35. The van der Waals surface area contributed by atoms with E-state index in [1.807, 2.05) is 12.1 Å². The summed E-state index contributed by atoms with van der Waals surface area (Å²) >= 11 is 5.97. The third-order valence-electron chi connectivity index (χ3n) is 5.14. The van der Waals surface area contributed by atoms with Crippen LogP contribution >= 0.6 is 11.6 Å². The van der Waals surface area contributed by atoms with Crippen LogP contribution in [0, 0.1) is 19.7 Å². The predicted molar refractivity (Wildman–Crippen MR) is 116 cm³/mol. The summed E-state index contributed by atoms with van der Waals surface area (Å²) in [6, 6.07) is 11.6. The van der Waals surface area contributed by atoms with Crippen molar-refractivity contribution in [3.05, 3.63) is 88.0 Å². The number of halogens is 2. The minimum atomic E-state index is -0.703. The molecule has 1 unspecified atom stereocenters. The van der Waals surface area contributed by atoms with Crippen molar-refractivity contribution in [1.82, 2.24) is 9.97 Å². The molecule has 0 fully saturated rings. The van der Waals surface area contributed by atoms with Gasteiger partial charge in [-0.15, -0.1) is 0 Å². The number of hydrogen-bond donors (Lipinski definition) is 3. The molecule has 30 heavy (non-hydrogen) atoms. The Morgan fingerprint density at radius 1 is 1.07 bits per heavy atom. The van der Waals surface area contributed by atoms with Crippen molar-refractivity contribution >= 4 is 28.3 Å². The molecule has 1 atom stereocenters. The molecule has 0 aliphatic carbocycles. The molecule has 4 rings (SSSR count). The number of anilines is 1. The van der Waals surface area contributed by atoms with Crippen molar-refractivity contribution in [2.75, 3.05) is 5.32 Å². The van der Waals surface area contributed by atoms with Gasteiger partial charge in [0.25, 0.3) is 0 Å². The van der Waals surface area contributed by atoms with Crippen molar-refractivity contribution < 1.29 is 14.6 Å². The summed E-state index contributed by atoms with van der Waals surface area (Å²) in [7, 11) is 0. The number of hydrogen-bond acceptors (Lipinski definition) is 5. The number of aromatic nitrogens is 2. The van der Waals surface area contributed by atoms with Crippen molar-refractivity contribution in [3.8, 4) is 11.5 Å². The molecule has 152 valence electrons. The molecule has 0 aliphatic rings. The molecule has 0 bridgehead atoms. The van der Waals surface area contributed by atoms with Crippen LogP contribution in [0.1, 0.15) is 28.3 Å². The lowest BCUT2D eigenvalue weighted by Gasteiger charge is -2.23. The van der Waals surface area contributed by atoms with Gasteiger partial charge in [-0.2, -0.15) is 0 Å². The normalized spacial score (nSPS) is 12.1. The SMILES string of the molecule is Cc1ccc(C(Nc2ncc(Cl)c(C)c2F)c2ccc3cccnc3c2O)cc1O. The Morgan fingerprint density at radius 2 is 1.87 bits per heavy atom. The Labute approximate surface area is 177 Å².